The van der Waals surface area contributed by atoms with E-state index in [9.17, 15) is 0 Å². The summed E-state index contributed by atoms with van der Waals surface area (Å²) < 4.78 is 7.57. The fourth-order valence-electron chi connectivity index (χ4n) is 1.74. The Hall–Kier alpha value is -1.52. The zero-order valence-corrected chi connectivity index (χ0v) is 13.0. The molecule has 0 fully saturated rings. The number of nitrogens with one attached hydrogen (secondary N) is 1. The number of benzene rings is 1. The molecule has 0 unspecified atom stereocenters. The summed E-state index contributed by atoms with van der Waals surface area (Å²) in [5, 5.41) is 8.22. The molecule has 2 rings (SSSR count). The fourth-order valence-corrected chi connectivity index (χ4v) is 1.97. The van der Waals surface area contributed by atoms with Crippen molar-refractivity contribution in [2.45, 2.75) is 32.9 Å². The van der Waals surface area contributed by atoms with Crippen LogP contribution in [0.4, 0.5) is 0 Å². The van der Waals surface area contributed by atoms with Gasteiger partial charge in [-0.05, 0) is 32.9 Å². The van der Waals surface area contributed by atoms with Gasteiger partial charge in [-0.3, -0.25) is 4.68 Å². The van der Waals surface area contributed by atoms with E-state index < -0.39 is 0 Å². The molecule has 0 spiro atoms. The van der Waals surface area contributed by atoms with E-state index in [-0.39, 0.29) is 5.54 Å². The Bertz CT molecular complexity index is 587. The molecule has 20 heavy (non-hydrogen) atoms. The maximum atomic E-state index is 6.29. The molecule has 0 aliphatic carbocycles. The molecule has 0 bridgehead atoms. The van der Waals surface area contributed by atoms with Crippen LogP contribution in [0.3, 0.4) is 0 Å². The molecule has 2 aromatic rings. The van der Waals surface area contributed by atoms with Gasteiger partial charge in [0.25, 0.3) is 0 Å². The predicted molar refractivity (Wildman–Crippen MR) is 81.3 cm³/mol. The predicted octanol–water partition coefficient (Wildman–Crippen LogP) is 3.75. The highest BCUT2D eigenvalue weighted by molar-refractivity contribution is 6.31. The lowest BCUT2D eigenvalue weighted by atomic mass is 10.1. The molecule has 0 amide bonds. The topological polar surface area (TPSA) is 39.1 Å². The summed E-state index contributed by atoms with van der Waals surface area (Å²) in [4.78, 5) is 0. The first kappa shape index (κ1) is 14.9. The number of aryl methyl sites for hydroxylation is 1. The maximum Gasteiger partial charge on any atom is 0.165 e. The summed E-state index contributed by atoms with van der Waals surface area (Å²) in [5.74, 6) is 1.45. The van der Waals surface area contributed by atoms with Crippen LogP contribution in [-0.4, -0.2) is 15.3 Å². The average Bonchev–Trinajstić information content (AvgIpc) is 2.73. The number of hydrogen-bond acceptors (Lipinski definition) is 3. The Kier molecular flexibility index (Phi) is 4.35. The van der Waals surface area contributed by atoms with Crippen molar-refractivity contribution in [3.8, 4) is 11.5 Å². The molecule has 1 aromatic heterocycles. The molecule has 4 nitrogen and oxygen atoms in total. The number of nitrogens with zero attached hydrogens (tertiary/aromatic N) is 2. The van der Waals surface area contributed by atoms with E-state index in [0.29, 0.717) is 17.3 Å². The minimum Gasteiger partial charge on any atom is -0.454 e. The summed E-state index contributed by atoms with van der Waals surface area (Å²) >= 11 is 6.29. The minimum absolute atomic E-state index is 0.0186. The van der Waals surface area contributed by atoms with E-state index in [1.54, 1.807) is 10.9 Å². The zero-order chi connectivity index (χ0) is 14.8. The van der Waals surface area contributed by atoms with Gasteiger partial charge in [-0.15, -0.1) is 0 Å². The van der Waals surface area contributed by atoms with Crippen LogP contribution >= 0.6 is 11.6 Å². The third-order valence-corrected chi connectivity index (χ3v) is 3.13. The lowest BCUT2D eigenvalue weighted by molar-refractivity contribution is 0.414. The normalized spacial score (nSPS) is 11.7. The van der Waals surface area contributed by atoms with Gasteiger partial charge in [0.15, 0.2) is 5.75 Å². The molecule has 5 heteroatoms. The maximum absolute atomic E-state index is 6.29. The van der Waals surface area contributed by atoms with E-state index in [4.69, 9.17) is 16.3 Å². The smallest absolute Gasteiger partial charge is 0.165 e. The van der Waals surface area contributed by atoms with E-state index in [1.165, 1.54) is 0 Å². The molecule has 1 N–H and O–H groups in total. The van der Waals surface area contributed by atoms with Crippen LogP contribution in [0.25, 0.3) is 0 Å². The standard InChI is InChI=1S/C15H20ClN3O/c1-15(2,3)17-9-12-13(16)6-5-7-14(12)20-11-8-18-19(4)10-11/h5-8,10,17H,9H2,1-4H3. The summed E-state index contributed by atoms with van der Waals surface area (Å²) in [5.41, 5.74) is 0.970. The van der Waals surface area contributed by atoms with Gasteiger partial charge in [-0.25, -0.2) is 0 Å². The molecule has 1 heterocycles. The highest BCUT2D eigenvalue weighted by Gasteiger charge is 2.14. The van der Waals surface area contributed by atoms with E-state index in [0.717, 1.165) is 11.3 Å². The molecule has 0 aliphatic rings. The first-order valence-corrected chi connectivity index (χ1v) is 6.92. The molecule has 0 aliphatic heterocycles. The van der Waals surface area contributed by atoms with Gasteiger partial charge in [-0.1, -0.05) is 17.7 Å². The van der Waals surface area contributed by atoms with Crippen molar-refractivity contribution in [2.75, 3.05) is 0 Å². The van der Waals surface area contributed by atoms with Crippen LogP contribution in [0.2, 0.25) is 5.02 Å². The molecule has 0 radical (unpaired) electrons. The summed E-state index contributed by atoms with van der Waals surface area (Å²) in [7, 11) is 1.85. The van der Waals surface area contributed by atoms with Gasteiger partial charge in [0.2, 0.25) is 0 Å². The van der Waals surface area contributed by atoms with Crippen LogP contribution in [0, 0.1) is 0 Å². The number of ether oxygens (including phenoxy) is 1. The molecular weight excluding hydrogens is 274 g/mol. The lowest BCUT2D eigenvalue weighted by Gasteiger charge is -2.22. The highest BCUT2D eigenvalue weighted by atomic mass is 35.5. The van der Waals surface area contributed by atoms with Gasteiger partial charge < -0.3 is 10.1 Å². The van der Waals surface area contributed by atoms with E-state index in [1.807, 2.05) is 31.4 Å². The Balaban J connectivity index is 2.21. The van der Waals surface area contributed by atoms with Gasteiger partial charge >= 0.3 is 0 Å². The fraction of sp³-hybridized carbons (Fsp3) is 0.400. The minimum atomic E-state index is 0.0186. The average molecular weight is 294 g/mol. The van der Waals surface area contributed by atoms with Crippen molar-refractivity contribution in [2.24, 2.45) is 7.05 Å². The first-order chi connectivity index (χ1) is 9.35. The summed E-state index contributed by atoms with van der Waals surface area (Å²) in [6, 6.07) is 5.67. The molecule has 1 aromatic carbocycles. The second-order valence-corrected chi connectivity index (χ2v) is 6.18. The van der Waals surface area contributed by atoms with Crippen molar-refractivity contribution >= 4 is 11.6 Å². The van der Waals surface area contributed by atoms with Gasteiger partial charge in [0, 0.05) is 29.7 Å². The number of rotatable bonds is 4. The third-order valence-electron chi connectivity index (χ3n) is 2.78. The summed E-state index contributed by atoms with van der Waals surface area (Å²) in [6.45, 7) is 7.00. The van der Waals surface area contributed by atoms with Crippen LogP contribution in [0.1, 0.15) is 26.3 Å². The lowest BCUT2D eigenvalue weighted by Crippen LogP contribution is -2.35. The van der Waals surface area contributed by atoms with Crippen molar-refractivity contribution in [1.29, 1.82) is 0 Å². The second kappa shape index (κ2) is 5.85. The Labute approximate surface area is 124 Å². The molecule has 108 valence electrons. The van der Waals surface area contributed by atoms with E-state index >= 15 is 0 Å². The van der Waals surface area contributed by atoms with Gasteiger partial charge in [0.1, 0.15) is 5.75 Å². The number of hydrogen-bond donors (Lipinski definition) is 1. The Morgan fingerprint density at radius 2 is 2.10 bits per heavy atom. The monoisotopic (exact) mass is 293 g/mol. The van der Waals surface area contributed by atoms with Crippen molar-refractivity contribution in [3.63, 3.8) is 0 Å². The molecule has 0 saturated heterocycles. The van der Waals surface area contributed by atoms with Crippen molar-refractivity contribution in [3.05, 3.63) is 41.2 Å². The largest absolute Gasteiger partial charge is 0.454 e. The quantitative estimate of drug-likeness (QED) is 0.933. The van der Waals surface area contributed by atoms with Gasteiger partial charge in [-0.2, -0.15) is 5.10 Å². The summed E-state index contributed by atoms with van der Waals surface area (Å²) in [6.07, 6.45) is 3.50. The number of aromatic nitrogens is 2. The second-order valence-electron chi connectivity index (χ2n) is 5.77. The first-order valence-electron chi connectivity index (χ1n) is 6.54. The number of halogens is 1. The molecular formula is C15H20ClN3O. The third kappa shape index (κ3) is 3.99. The van der Waals surface area contributed by atoms with Crippen LogP contribution in [0.15, 0.2) is 30.6 Å². The molecule has 0 atom stereocenters. The van der Waals surface area contributed by atoms with Crippen LogP contribution < -0.4 is 10.1 Å². The van der Waals surface area contributed by atoms with Gasteiger partial charge in [0.05, 0.1) is 12.4 Å². The SMILES string of the molecule is Cn1cc(Oc2cccc(Cl)c2CNC(C)(C)C)cn1. The Morgan fingerprint density at radius 1 is 1.35 bits per heavy atom. The van der Waals surface area contributed by atoms with Crippen molar-refractivity contribution in [1.82, 2.24) is 15.1 Å². The van der Waals surface area contributed by atoms with Crippen LogP contribution in [0.5, 0.6) is 11.5 Å². The molecule has 0 saturated carbocycles. The highest BCUT2D eigenvalue weighted by Crippen LogP contribution is 2.30. The Morgan fingerprint density at radius 3 is 2.70 bits per heavy atom. The van der Waals surface area contributed by atoms with Crippen molar-refractivity contribution < 1.29 is 4.74 Å². The zero-order valence-electron chi connectivity index (χ0n) is 12.3. The van der Waals surface area contributed by atoms with Crippen LogP contribution in [-0.2, 0) is 13.6 Å². The van der Waals surface area contributed by atoms with E-state index in [2.05, 4.69) is 31.2 Å².